The molecule has 2 aromatic heterocycles. The summed E-state index contributed by atoms with van der Waals surface area (Å²) in [6.45, 7) is 10.2. The summed E-state index contributed by atoms with van der Waals surface area (Å²) < 4.78 is 49.0. The van der Waals surface area contributed by atoms with E-state index in [-0.39, 0.29) is 35.8 Å². The molecule has 6 atom stereocenters. The molecule has 2 aliphatic rings. The Hall–Kier alpha value is -3.37. The molecule has 2 saturated heterocycles. The van der Waals surface area contributed by atoms with E-state index >= 15 is 0 Å². The lowest BCUT2D eigenvalue weighted by Crippen LogP contribution is -2.46. The van der Waals surface area contributed by atoms with Gasteiger partial charge in [0.2, 0.25) is 0 Å². The van der Waals surface area contributed by atoms with Crippen molar-refractivity contribution in [2.75, 3.05) is 20.8 Å². The molecule has 45 heavy (non-hydrogen) atoms. The fourth-order valence-corrected chi connectivity index (χ4v) is 7.32. The number of hydrogen-bond donors (Lipinski definition) is 3. The van der Waals surface area contributed by atoms with Crippen molar-refractivity contribution in [2.45, 2.75) is 90.5 Å². The molecule has 0 radical (unpaired) electrons. The quantitative estimate of drug-likeness (QED) is 0.151. The third kappa shape index (κ3) is 7.38. The molecule has 4 rings (SSSR count). The van der Waals surface area contributed by atoms with Gasteiger partial charge in [-0.1, -0.05) is 27.7 Å². The number of fused-ring (bicyclic) bond motifs is 2. The van der Waals surface area contributed by atoms with Crippen LogP contribution in [0.1, 0.15) is 59.5 Å². The average Bonchev–Trinajstić information content (AvgIpc) is 3.58. The zero-order valence-corrected chi connectivity index (χ0v) is 27.4. The van der Waals surface area contributed by atoms with Gasteiger partial charge in [0.05, 0.1) is 27.2 Å². The van der Waals surface area contributed by atoms with Crippen LogP contribution in [0.2, 0.25) is 0 Å². The molecular formula is C27H41N6O11P. The largest absolute Gasteiger partial charge is 0.509 e. The highest BCUT2D eigenvalue weighted by molar-refractivity contribution is 7.54. The fraction of sp³-hybridized carbons (Fsp3) is 0.704. The average molecular weight is 657 g/mol. The molecule has 0 saturated carbocycles. The molecule has 0 amide bonds. The van der Waals surface area contributed by atoms with Crippen LogP contribution in [0.15, 0.2) is 11.1 Å². The molecular weight excluding hydrogens is 615 g/mol. The predicted molar refractivity (Wildman–Crippen MR) is 157 cm³/mol. The molecule has 3 N–H and O–H groups in total. The second-order valence-electron chi connectivity index (χ2n) is 12.1. The summed E-state index contributed by atoms with van der Waals surface area (Å²) in [5.74, 6) is -1.05. The molecule has 4 heterocycles. The number of imidazole rings is 1. The van der Waals surface area contributed by atoms with Crippen molar-refractivity contribution in [1.29, 1.82) is 0 Å². The zero-order valence-electron chi connectivity index (χ0n) is 26.5. The number of methoxy groups -OCH3 is 2. The van der Waals surface area contributed by atoms with Gasteiger partial charge >= 0.3 is 25.8 Å². The number of carbonyl (C=O) groups is 3. The van der Waals surface area contributed by atoms with E-state index in [0.29, 0.717) is 5.82 Å². The lowest BCUT2D eigenvalue weighted by atomic mass is 9.96. The molecule has 18 heteroatoms. The van der Waals surface area contributed by atoms with Gasteiger partial charge in [0.1, 0.15) is 24.0 Å². The van der Waals surface area contributed by atoms with Crippen LogP contribution < -0.4 is 15.7 Å². The fourth-order valence-electron chi connectivity index (χ4n) is 5.50. The Balaban J connectivity index is 1.66. The van der Waals surface area contributed by atoms with Gasteiger partial charge in [-0.2, -0.15) is 0 Å². The van der Waals surface area contributed by atoms with E-state index in [4.69, 9.17) is 28.2 Å². The first-order valence-corrected chi connectivity index (χ1v) is 16.2. The molecule has 0 spiro atoms. The standard InChI is InChI=1S/C27H41N6O11P/c1-13(2)9-16(23(35)39-7)31-45(38,32-17(10-14(3)4)24(36)40-8)41-11-18-20-27(6,44-26(37)43-20)25(42-18)33-12-28-19-21(33)29-15(5)30-22(19)34/h12-14,16-18,20,25H,9-11H2,1-8H3,(H,29,30,34)(H2,31,32,38)/t16?,17?,18-,20?,25-,27+,45?/m1/s1. The first kappa shape index (κ1) is 34.5. The van der Waals surface area contributed by atoms with Crippen molar-refractivity contribution in [3.05, 3.63) is 22.5 Å². The number of aromatic nitrogens is 4. The van der Waals surface area contributed by atoms with Crippen molar-refractivity contribution < 1.29 is 47.2 Å². The molecule has 250 valence electrons. The van der Waals surface area contributed by atoms with Crippen molar-refractivity contribution >= 4 is 36.9 Å². The summed E-state index contributed by atoms with van der Waals surface area (Å²) >= 11 is 0. The van der Waals surface area contributed by atoms with E-state index in [1.165, 1.54) is 25.1 Å². The molecule has 0 aliphatic carbocycles. The number of nitrogens with zero attached hydrogens (tertiary/aromatic N) is 3. The van der Waals surface area contributed by atoms with Crippen LogP contribution in [0, 0.1) is 18.8 Å². The smallest absolute Gasteiger partial charge is 0.468 e. The van der Waals surface area contributed by atoms with Crippen molar-refractivity contribution in [3.8, 4) is 0 Å². The molecule has 0 bridgehead atoms. The van der Waals surface area contributed by atoms with E-state index in [1.54, 1.807) is 13.8 Å². The lowest BCUT2D eigenvalue weighted by molar-refractivity contribution is -0.143. The molecule has 2 aromatic rings. The molecule has 2 aliphatic heterocycles. The maximum absolute atomic E-state index is 14.5. The van der Waals surface area contributed by atoms with E-state index in [9.17, 15) is 23.7 Å². The minimum atomic E-state index is -4.28. The molecule has 3 unspecified atom stereocenters. The van der Waals surface area contributed by atoms with Gasteiger partial charge < -0.3 is 33.2 Å². The number of esters is 2. The maximum atomic E-state index is 14.5. The van der Waals surface area contributed by atoms with E-state index < -0.39 is 74.1 Å². The number of ether oxygens (including phenoxy) is 5. The first-order valence-electron chi connectivity index (χ1n) is 14.5. The van der Waals surface area contributed by atoms with Crippen LogP contribution in [0.3, 0.4) is 0 Å². The number of nitrogens with one attached hydrogen (secondary N) is 3. The van der Waals surface area contributed by atoms with Gasteiger partial charge in [0.15, 0.2) is 29.1 Å². The van der Waals surface area contributed by atoms with Gasteiger partial charge in [-0.3, -0.25) is 23.5 Å². The third-order valence-corrected chi connectivity index (χ3v) is 9.30. The number of aromatic amines is 1. The Labute approximate surface area is 259 Å². The Morgan fingerprint density at radius 1 is 1.09 bits per heavy atom. The Morgan fingerprint density at radius 3 is 2.20 bits per heavy atom. The number of hydrogen-bond acceptors (Lipinski definition) is 13. The third-order valence-electron chi connectivity index (χ3n) is 7.48. The number of H-pyrrole nitrogens is 1. The number of rotatable bonds is 14. The van der Waals surface area contributed by atoms with E-state index in [2.05, 4.69) is 25.1 Å². The highest BCUT2D eigenvalue weighted by Gasteiger charge is 2.64. The Morgan fingerprint density at radius 2 is 1.67 bits per heavy atom. The Bertz CT molecular complexity index is 1490. The topological polar surface area (TPSA) is 211 Å². The minimum absolute atomic E-state index is 0.00807. The van der Waals surface area contributed by atoms with Crippen molar-refractivity contribution in [2.24, 2.45) is 11.8 Å². The van der Waals surface area contributed by atoms with Gasteiger partial charge in [-0.25, -0.2) is 24.9 Å². The van der Waals surface area contributed by atoms with Crippen LogP contribution in [0.5, 0.6) is 0 Å². The maximum Gasteiger partial charge on any atom is 0.509 e. The monoisotopic (exact) mass is 656 g/mol. The van der Waals surface area contributed by atoms with Crippen LogP contribution in [-0.4, -0.2) is 88.3 Å². The second kappa shape index (κ2) is 13.5. The summed E-state index contributed by atoms with van der Waals surface area (Å²) in [6, 6.07) is -2.13. The summed E-state index contributed by atoms with van der Waals surface area (Å²) in [4.78, 5) is 61.3. The molecule has 0 aromatic carbocycles. The molecule has 17 nitrogen and oxygen atoms in total. The minimum Gasteiger partial charge on any atom is -0.468 e. The van der Waals surface area contributed by atoms with Crippen molar-refractivity contribution in [1.82, 2.24) is 29.7 Å². The summed E-state index contributed by atoms with van der Waals surface area (Å²) in [6.07, 6.45) is -2.34. The van der Waals surface area contributed by atoms with Crippen molar-refractivity contribution in [3.63, 3.8) is 0 Å². The number of carbonyl (C=O) groups excluding carboxylic acids is 3. The predicted octanol–water partition coefficient (Wildman–Crippen LogP) is 2.10. The van der Waals surface area contributed by atoms with Gasteiger partial charge in [0, 0.05) is 0 Å². The Kier molecular flexibility index (Phi) is 10.4. The zero-order chi connectivity index (χ0) is 33.3. The van der Waals surface area contributed by atoms with Gasteiger partial charge in [-0.15, -0.1) is 0 Å². The van der Waals surface area contributed by atoms with E-state index in [1.807, 2.05) is 27.7 Å². The highest BCUT2D eigenvalue weighted by atomic mass is 31.2. The second-order valence-corrected chi connectivity index (χ2v) is 14.0. The number of aryl methyl sites for hydroxylation is 1. The highest BCUT2D eigenvalue weighted by Crippen LogP contribution is 2.49. The lowest BCUT2D eigenvalue weighted by Gasteiger charge is -2.30. The summed E-state index contributed by atoms with van der Waals surface area (Å²) in [7, 11) is -1.86. The summed E-state index contributed by atoms with van der Waals surface area (Å²) in [5, 5.41) is 5.51. The first-order chi connectivity index (χ1) is 21.1. The normalized spacial score (nSPS) is 25.5. The van der Waals surface area contributed by atoms with Gasteiger partial charge in [0.25, 0.3) is 5.56 Å². The van der Waals surface area contributed by atoms with Crippen LogP contribution in [0.25, 0.3) is 11.2 Å². The SMILES string of the molecule is COC(=O)C(CC(C)C)NP(=O)(NC(CC(C)C)C(=O)OC)OC[C@H]1O[C@@H](n2cnc3c(=O)[nH]c(C)nc32)[C@@]2(C)OC(=O)OC12. The van der Waals surface area contributed by atoms with Crippen LogP contribution in [-0.2, 0) is 42.4 Å². The summed E-state index contributed by atoms with van der Waals surface area (Å²) in [5.41, 5.74) is -1.66. The van der Waals surface area contributed by atoms with Crippen LogP contribution in [0.4, 0.5) is 4.79 Å². The molecule has 2 fully saturated rings. The van der Waals surface area contributed by atoms with Gasteiger partial charge in [-0.05, 0) is 38.5 Å². The van der Waals surface area contributed by atoms with Crippen LogP contribution >= 0.6 is 7.67 Å². The van der Waals surface area contributed by atoms with E-state index in [0.717, 1.165) is 0 Å².